The summed E-state index contributed by atoms with van der Waals surface area (Å²) in [6.45, 7) is 0. The van der Waals surface area contributed by atoms with Crippen molar-refractivity contribution >= 4 is 65.7 Å². The fourth-order valence-electron chi connectivity index (χ4n) is 3.27. The van der Waals surface area contributed by atoms with Gasteiger partial charge in [-0.05, 0) is 73.6 Å². The molecule has 2 heterocycles. The molecular formula is C22H14Br2N4O2. The van der Waals surface area contributed by atoms with Crippen LogP contribution in [-0.4, -0.2) is 31.4 Å². The van der Waals surface area contributed by atoms with E-state index in [1.54, 1.807) is 12.3 Å². The predicted molar refractivity (Wildman–Crippen MR) is 126 cm³/mol. The van der Waals surface area contributed by atoms with E-state index in [1.165, 1.54) is 0 Å². The van der Waals surface area contributed by atoms with Gasteiger partial charge < -0.3 is 20.2 Å². The zero-order valence-electron chi connectivity index (χ0n) is 15.3. The largest absolute Gasteiger partial charge is 0.506 e. The molecule has 0 bridgehead atoms. The van der Waals surface area contributed by atoms with Crippen molar-refractivity contribution in [2.24, 2.45) is 4.99 Å². The second-order valence-electron chi connectivity index (χ2n) is 6.78. The second-order valence-corrected chi connectivity index (χ2v) is 8.43. The first-order valence-electron chi connectivity index (χ1n) is 9.01. The van der Waals surface area contributed by atoms with Gasteiger partial charge in [-0.25, -0.2) is 4.98 Å². The van der Waals surface area contributed by atoms with Crippen LogP contribution in [0.2, 0.25) is 0 Å². The highest BCUT2D eigenvalue weighted by atomic mass is 79.9. The van der Waals surface area contributed by atoms with E-state index in [2.05, 4.69) is 63.9 Å². The van der Waals surface area contributed by atoms with Crippen molar-refractivity contribution in [3.05, 3.63) is 69.2 Å². The molecule has 0 atom stereocenters. The SMILES string of the molecule is Oc1c(Br)cc(C=Nc2ccc3nc(-c4ccc5cc[nH]c5c4)[nH]c3c2)c(O)c1Br. The lowest BCUT2D eigenvalue weighted by Crippen LogP contribution is -1.85. The molecule has 0 saturated heterocycles. The van der Waals surface area contributed by atoms with Crippen LogP contribution in [0.3, 0.4) is 0 Å². The van der Waals surface area contributed by atoms with E-state index in [9.17, 15) is 10.2 Å². The van der Waals surface area contributed by atoms with Gasteiger partial charge in [-0.15, -0.1) is 0 Å². The van der Waals surface area contributed by atoms with Crippen LogP contribution in [0.25, 0.3) is 33.3 Å². The number of hydrogen-bond donors (Lipinski definition) is 4. The van der Waals surface area contributed by atoms with Crippen LogP contribution in [0.15, 0.2) is 68.7 Å². The van der Waals surface area contributed by atoms with Gasteiger partial charge in [0, 0.05) is 29.1 Å². The number of H-pyrrole nitrogens is 2. The topological polar surface area (TPSA) is 97.3 Å². The Morgan fingerprint density at radius 1 is 0.933 bits per heavy atom. The molecule has 148 valence electrons. The van der Waals surface area contributed by atoms with E-state index in [0.717, 1.165) is 33.3 Å². The van der Waals surface area contributed by atoms with Crippen LogP contribution in [-0.2, 0) is 0 Å². The Balaban J connectivity index is 1.49. The Labute approximate surface area is 187 Å². The zero-order valence-corrected chi connectivity index (χ0v) is 18.5. The van der Waals surface area contributed by atoms with Gasteiger partial charge in [0.05, 0.1) is 21.2 Å². The average Bonchev–Trinajstić information content (AvgIpc) is 3.39. The van der Waals surface area contributed by atoms with Gasteiger partial charge in [-0.2, -0.15) is 0 Å². The summed E-state index contributed by atoms with van der Waals surface area (Å²) in [7, 11) is 0. The highest BCUT2D eigenvalue weighted by Gasteiger charge is 2.13. The molecule has 6 nitrogen and oxygen atoms in total. The van der Waals surface area contributed by atoms with E-state index < -0.39 is 0 Å². The molecule has 5 rings (SSSR count). The molecule has 0 aliphatic carbocycles. The lowest BCUT2D eigenvalue weighted by atomic mass is 10.1. The van der Waals surface area contributed by atoms with Crippen LogP contribution in [0, 0.1) is 0 Å². The number of halogens is 2. The monoisotopic (exact) mass is 524 g/mol. The minimum atomic E-state index is -0.0796. The maximum atomic E-state index is 10.2. The van der Waals surface area contributed by atoms with Crippen LogP contribution in [0.5, 0.6) is 11.5 Å². The lowest BCUT2D eigenvalue weighted by Gasteiger charge is -2.06. The van der Waals surface area contributed by atoms with Gasteiger partial charge in [-0.1, -0.05) is 12.1 Å². The minimum Gasteiger partial charge on any atom is -0.506 e. The smallest absolute Gasteiger partial charge is 0.147 e. The molecule has 0 fully saturated rings. The summed E-state index contributed by atoms with van der Waals surface area (Å²) in [6.07, 6.45) is 3.46. The van der Waals surface area contributed by atoms with Crippen molar-refractivity contribution in [2.45, 2.75) is 0 Å². The first-order chi connectivity index (χ1) is 14.5. The number of aromatic nitrogens is 3. The molecule has 0 spiro atoms. The predicted octanol–water partition coefficient (Wildman–Crippen LogP) is 6.40. The van der Waals surface area contributed by atoms with Gasteiger partial charge in [0.15, 0.2) is 0 Å². The number of aliphatic imine (C=N–C) groups is 1. The molecule has 30 heavy (non-hydrogen) atoms. The average molecular weight is 526 g/mol. The van der Waals surface area contributed by atoms with Gasteiger partial charge in [0.2, 0.25) is 0 Å². The van der Waals surface area contributed by atoms with Gasteiger partial charge in [-0.3, -0.25) is 4.99 Å². The number of phenols is 2. The number of hydrogen-bond acceptors (Lipinski definition) is 4. The molecule has 0 unspecified atom stereocenters. The number of rotatable bonds is 3. The molecule has 3 aromatic carbocycles. The highest BCUT2D eigenvalue weighted by molar-refractivity contribution is 9.11. The summed E-state index contributed by atoms with van der Waals surface area (Å²) in [6, 6.07) is 15.5. The summed E-state index contributed by atoms with van der Waals surface area (Å²) < 4.78 is 0.673. The van der Waals surface area contributed by atoms with E-state index in [1.807, 2.05) is 36.5 Å². The Morgan fingerprint density at radius 2 is 1.80 bits per heavy atom. The van der Waals surface area contributed by atoms with Crippen LogP contribution in [0.1, 0.15) is 5.56 Å². The minimum absolute atomic E-state index is 0.0615. The Kier molecular flexibility index (Phi) is 4.60. The van der Waals surface area contributed by atoms with Crippen LogP contribution >= 0.6 is 31.9 Å². The van der Waals surface area contributed by atoms with Gasteiger partial charge in [0.25, 0.3) is 0 Å². The summed E-state index contributed by atoms with van der Waals surface area (Å²) in [5.41, 5.74) is 4.93. The normalized spacial score (nSPS) is 11.8. The second kappa shape index (κ2) is 7.30. The number of nitrogens with one attached hydrogen (secondary N) is 2. The highest BCUT2D eigenvalue weighted by Crippen LogP contribution is 2.40. The third kappa shape index (κ3) is 3.28. The molecule has 0 aliphatic heterocycles. The first kappa shape index (κ1) is 18.9. The molecule has 0 aliphatic rings. The maximum absolute atomic E-state index is 10.2. The molecular weight excluding hydrogens is 512 g/mol. The Morgan fingerprint density at radius 3 is 2.67 bits per heavy atom. The van der Waals surface area contributed by atoms with E-state index in [0.29, 0.717) is 15.7 Å². The van der Waals surface area contributed by atoms with Crippen molar-refractivity contribution in [2.75, 3.05) is 0 Å². The summed E-state index contributed by atoms with van der Waals surface area (Å²) in [5, 5.41) is 21.2. The van der Waals surface area contributed by atoms with Crippen molar-refractivity contribution in [3.63, 3.8) is 0 Å². The Hall–Kier alpha value is -3.10. The number of aromatic amines is 2. The first-order valence-corrected chi connectivity index (χ1v) is 10.6. The van der Waals surface area contributed by atoms with Gasteiger partial charge in [0.1, 0.15) is 21.8 Å². The van der Waals surface area contributed by atoms with Crippen LogP contribution in [0.4, 0.5) is 5.69 Å². The quantitative estimate of drug-likeness (QED) is 0.205. The van der Waals surface area contributed by atoms with Crippen molar-refractivity contribution in [1.29, 1.82) is 0 Å². The van der Waals surface area contributed by atoms with Gasteiger partial charge >= 0.3 is 0 Å². The van der Waals surface area contributed by atoms with Crippen molar-refractivity contribution in [3.8, 4) is 22.9 Å². The third-order valence-corrected chi connectivity index (χ3v) is 6.20. The molecule has 2 aromatic heterocycles. The van der Waals surface area contributed by atoms with Crippen molar-refractivity contribution < 1.29 is 10.2 Å². The number of phenolic OH excluding ortho intramolecular Hbond substituents is 2. The number of fused-ring (bicyclic) bond motifs is 2. The summed E-state index contributed by atoms with van der Waals surface area (Å²) in [4.78, 5) is 15.7. The van der Waals surface area contributed by atoms with E-state index >= 15 is 0 Å². The van der Waals surface area contributed by atoms with Crippen molar-refractivity contribution in [1.82, 2.24) is 15.0 Å². The molecule has 0 saturated carbocycles. The summed E-state index contributed by atoms with van der Waals surface area (Å²) >= 11 is 6.43. The fraction of sp³-hybridized carbons (Fsp3) is 0. The number of benzene rings is 3. The number of nitrogens with zero attached hydrogens (tertiary/aromatic N) is 2. The zero-order chi connectivity index (χ0) is 20.8. The number of imidazole rings is 1. The maximum Gasteiger partial charge on any atom is 0.147 e. The third-order valence-electron chi connectivity index (χ3n) is 4.84. The lowest BCUT2D eigenvalue weighted by molar-refractivity contribution is 0.442. The van der Waals surface area contributed by atoms with E-state index in [4.69, 9.17) is 0 Å². The Bertz CT molecular complexity index is 1450. The van der Waals surface area contributed by atoms with Crippen LogP contribution < -0.4 is 0 Å². The summed E-state index contributed by atoms with van der Waals surface area (Å²) in [5.74, 6) is 0.643. The van der Waals surface area contributed by atoms with E-state index in [-0.39, 0.29) is 16.0 Å². The standard InChI is InChI=1S/C22H14Br2N4O2/c23-15-7-13(20(29)19(24)21(15)30)10-26-14-3-4-16-18(9-14)28-22(27-16)12-2-1-11-5-6-25-17(11)8-12/h1-10,25,29-30H,(H,27,28). The molecule has 4 N–H and O–H groups in total. The molecule has 0 radical (unpaired) electrons. The molecule has 8 heteroatoms. The molecule has 5 aromatic rings. The number of aromatic hydroxyl groups is 2. The fourth-order valence-corrected chi connectivity index (χ4v) is 4.42. The molecule has 0 amide bonds.